The van der Waals surface area contributed by atoms with Gasteiger partial charge in [0.1, 0.15) is 0 Å². The molecule has 2 atom stereocenters. The van der Waals surface area contributed by atoms with Gasteiger partial charge in [-0.05, 0) is 17.7 Å². The topological polar surface area (TPSA) is 55.6 Å². The van der Waals surface area contributed by atoms with Crippen molar-refractivity contribution in [2.24, 2.45) is 5.92 Å². The molecule has 0 radical (unpaired) electrons. The van der Waals surface area contributed by atoms with Gasteiger partial charge >= 0.3 is 0 Å². The molecule has 1 aliphatic heterocycles. The van der Waals surface area contributed by atoms with Crippen LogP contribution in [0.4, 0.5) is 5.69 Å². The summed E-state index contributed by atoms with van der Waals surface area (Å²) in [7, 11) is 0. The number of hydroxylamine groups is 1. The molecular weight excluding hydrogens is 268 g/mol. The van der Waals surface area contributed by atoms with Crippen LogP contribution in [-0.2, 0) is 4.84 Å². The highest BCUT2D eigenvalue weighted by Crippen LogP contribution is 2.38. The van der Waals surface area contributed by atoms with Crippen molar-refractivity contribution in [3.8, 4) is 0 Å². The first kappa shape index (κ1) is 13.6. The van der Waals surface area contributed by atoms with Gasteiger partial charge in [-0.25, -0.2) is 5.06 Å². The van der Waals surface area contributed by atoms with Crippen LogP contribution in [-0.4, -0.2) is 18.1 Å². The van der Waals surface area contributed by atoms with Gasteiger partial charge in [-0.15, -0.1) is 0 Å². The first-order valence-electron chi connectivity index (χ1n) is 6.89. The molecule has 2 aromatic carbocycles. The highest BCUT2D eigenvalue weighted by Gasteiger charge is 2.40. The third kappa shape index (κ3) is 2.87. The summed E-state index contributed by atoms with van der Waals surface area (Å²) >= 11 is 0. The lowest BCUT2D eigenvalue weighted by molar-refractivity contribution is -0.488. The average molecular weight is 284 g/mol. The monoisotopic (exact) mass is 284 g/mol. The molecule has 0 aromatic heterocycles. The zero-order chi connectivity index (χ0) is 14.7. The number of hydrogen-bond donors (Lipinski definition) is 0. The summed E-state index contributed by atoms with van der Waals surface area (Å²) in [6.45, 7) is 0.262. The van der Waals surface area contributed by atoms with E-state index in [9.17, 15) is 10.1 Å². The van der Waals surface area contributed by atoms with E-state index >= 15 is 0 Å². The van der Waals surface area contributed by atoms with Crippen molar-refractivity contribution >= 4 is 5.69 Å². The zero-order valence-corrected chi connectivity index (χ0v) is 11.5. The molecule has 2 aromatic rings. The summed E-state index contributed by atoms with van der Waals surface area (Å²) < 4.78 is 0. The van der Waals surface area contributed by atoms with Gasteiger partial charge in [-0.3, -0.25) is 15.0 Å². The Morgan fingerprint density at radius 1 is 1.10 bits per heavy atom. The molecule has 5 nitrogen and oxygen atoms in total. The highest BCUT2D eigenvalue weighted by atomic mass is 16.7. The number of para-hydroxylation sites is 1. The fraction of sp³-hybridized carbons (Fsp3) is 0.250. The van der Waals surface area contributed by atoms with Gasteiger partial charge in [-0.1, -0.05) is 48.5 Å². The van der Waals surface area contributed by atoms with Crippen molar-refractivity contribution in [1.82, 2.24) is 0 Å². The van der Waals surface area contributed by atoms with Crippen LogP contribution in [0.3, 0.4) is 0 Å². The fourth-order valence-corrected chi connectivity index (χ4v) is 2.75. The highest BCUT2D eigenvalue weighted by molar-refractivity contribution is 5.47. The molecular formula is C16H16N2O3. The Balaban J connectivity index is 1.95. The van der Waals surface area contributed by atoms with Crippen LogP contribution in [0.15, 0.2) is 60.7 Å². The van der Waals surface area contributed by atoms with Crippen LogP contribution in [0, 0.1) is 16.0 Å². The molecule has 0 unspecified atom stereocenters. The maximum Gasteiger partial charge on any atom is 0.211 e. The minimum Gasteiger partial charge on any atom is -0.272 e. The molecule has 108 valence electrons. The molecule has 3 rings (SSSR count). The van der Waals surface area contributed by atoms with Gasteiger partial charge in [0.15, 0.2) is 0 Å². The Labute approximate surface area is 122 Å². The van der Waals surface area contributed by atoms with E-state index in [-0.39, 0.29) is 23.4 Å². The molecule has 0 N–H and O–H groups in total. The number of nitro groups is 1. The van der Waals surface area contributed by atoms with Crippen molar-refractivity contribution < 1.29 is 9.76 Å². The Hall–Kier alpha value is -2.40. The standard InChI is InChI=1S/C16H16N2O3/c19-17(20)11-14-12-21-18(15-9-5-2-6-10-15)16(14)13-7-3-1-4-8-13/h1-10,14,16H,11-12H2/t14-,16+/m1/s1. The summed E-state index contributed by atoms with van der Waals surface area (Å²) in [5.41, 5.74) is 1.95. The second kappa shape index (κ2) is 5.93. The lowest BCUT2D eigenvalue weighted by atomic mass is 9.94. The van der Waals surface area contributed by atoms with Gasteiger partial charge in [0, 0.05) is 4.92 Å². The molecule has 0 bridgehead atoms. The van der Waals surface area contributed by atoms with Gasteiger partial charge in [0.2, 0.25) is 6.54 Å². The van der Waals surface area contributed by atoms with E-state index in [2.05, 4.69) is 0 Å². The zero-order valence-electron chi connectivity index (χ0n) is 11.5. The molecule has 1 saturated heterocycles. The van der Waals surface area contributed by atoms with Crippen molar-refractivity contribution in [2.45, 2.75) is 6.04 Å². The van der Waals surface area contributed by atoms with Crippen LogP contribution in [0.25, 0.3) is 0 Å². The summed E-state index contributed by atoms with van der Waals surface area (Å²) in [4.78, 5) is 16.4. The molecule has 0 saturated carbocycles. The van der Waals surface area contributed by atoms with Crippen LogP contribution >= 0.6 is 0 Å². The minimum absolute atomic E-state index is 0.0944. The average Bonchev–Trinajstić information content (AvgIpc) is 2.92. The number of benzene rings is 2. The van der Waals surface area contributed by atoms with Gasteiger partial charge in [0.25, 0.3) is 0 Å². The third-order valence-corrected chi connectivity index (χ3v) is 3.66. The maximum absolute atomic E-state index is 10.9. The van der Waals surface area contributed by atoms with Gasteiger partial charge in [-0.2, -0.15) is 0 Å². The second-order valence-electron chi connectivity index (χ2n) is 5.09. The predicted octanol–water partition coefficient (Wildman–Crippen LogP) is 3.07. The quantitative estimate of drug-likeness (QED) is 0.639. The molecule has 0 aliphatic carbocycles. The first-order chi connectivity index (χ1) is 10.3. The molecule has 5 heteroatoms. The fourth-order valence-electron chi connectivity index (χ4n) is 2.75. The van der Waals surface area contributed by atoms with Gasteiger partial charge in [0.05, 0.1) is 24.3 Å². The summed E-state index contributed by atoms with van der Waals surface area (Å²) in [5, 5.41) is 12.7. The van der Waals surface area contributed by atoms with Crippen LogP contribution in [0.2, 0.25) is 0 Å². The summed E-state index contributed by atoms with van der Waals surface area (Å²) in [5.74, 6) is -0.164. The van der Waals surface area contributed by atoms with E-state index in [1.54, 1.807) is 5.06 Å². The van der Waals surface area contributed by atoms with E-state index < -0.39 is 0 Å². The van der Waals surface area contributed by atoms with Crippen molar-refractivity contribution in [3.05, 3.63) is 76.3 Å². The normalized spacial score (nSPS) is 21.4. The Bertz CT molecular complexity index is 603. The van der Waals surface area contributed by atoms with Gasteiger partial charge < -0.3 is 0 Å². The number of hydrogen-bond acceptors (Lipinski definition) is 4. The van der Waals surface area contributed by atoms with Crippen molar-refractivity contribution in [3.63, 3.8) is 0 Å². The first-order valence-corrected chi connectivity index (χ1v) is 6.89. The number of rotatable bonds is 4. The maximum atomic E-state index is 10.9. The third-order valence-electron chi connectivity index (χ3n) is 3.66. The molecule has 1 heterocycles. The Kier molecular flexibility index (Phi) is 3.83. The van der Waals surface area contributed by atoms with Crippen LogP contribution in [0.1, 0.15) is 11.6 Å². The van der Waals surface area contributed by atoms with E-state index in [1.807, 2.05) is 60.7 Å². The van der Waals surface area contributed by atoms with Crippen molar-refractivity contribution in [2.75, 3.05) is 18.2 Å². The molecule has 0 amide bonds. The van der Waals surface area contributed by atoms with E-state index in [0.717, 1.165) is 11.3 Å². The Morgan fingerprint density at radius 3 is 2.33 bits per heavy atom. The Morgan fingerprint density at radius 2 is 1.71 bits per heavy atom. The van der Waals surface area contributed by atoms with Crippen molar-refractivity contribution in [1.29, 1.82) is 0 Å². The number of anilines is 1. The predicted molar refractivity (Wildman–Crippen MR) is 79.4 cm³/mol. The number of nitrogens with zero attached hydrogens (tertiary/aromatic N) is 2. The lowest BCUT2D eigenvalue weighted by Crippen LogP contribution is -2.27. The smallest absolute Gasteiger partial charge is 0.211 e. The molecule has 1 aliphatic rings. The van der Waals surface area contributed by atoms with Crippen LogP contribution < -0.4 is 5.06 Å². The van der Waals surface area contributed by atoms with E-state index in [1.165, 1.54) is 0 Å². The van der Waals surface area contributed by atoms with E-state index in [0.29, 0.717) is 6.61 Å². The largest absolute Gasteiger partial charge is 0.272 e. The SMILES string of the molecule is O=[N+]([O-])C[C@@H]1CON(c2ccccc2)[C@H]1c1ccccc1. The summed E-state index contributed by atoms with van der Waals surface area (Å²) in [6, 6.07) is 19.4. The summed E-state index contributed by atoms with van der Waals surface area (Å²) in [6.07, 6.45) is 0. The second-order valence-corrected chi connectivity index (χ2v) is 5.09. The molecule has 0 spiro atoms. The molecule has 1 fully saturated rings. The van der Waals surface area contributed by atoms with Crippen LogP contribution in [0.5, 0.6) is 0 Å². The molecule has 21 heavy (non-hydrogen) atoms. The minimum atomic E-state index is -0.265. The lowest BCUT2D eigenvalue weighted by Gasteiger charge is -2.26. The van der Waals surface area contributed by atoms with E-state index in [4.69, 9.17) is 4.84 Å².